The van der Waals surface area contributed by atoms with E-state index in [1.807, 2.05) is 57.2 Å². The van der Waals surface area contributed by atoms with Crippen LogP contribution in [0.25, 0.3) is 11.0 Å². The van der Waals surface area contributed by atoms with Gasteiger partial charge in [0.2, 0.25) is 5.91 Å². The predicted molar refractivity (Wildman–Crippen MR) is 129 cm³/mol. The van der Waals surface area contributed by atoms with E-state index in [0.717, 1.165) is 28.5 Å². The van der Waals surface area contributed by atoms with E-state index in [2.05, 4.69) is 10.3 Å². The number of carbonyl (C=O) groups is 1. The highest BCUT2D eigenvalue weighted by atomic mass is 32.2. The van der Waals surface area contributed by atoms with Crippen molar-refractivity contribution in [1.29, 1.82) is 0 Å². The number of imidazole rings is 1. The van der Waals surface area contributed by atoms with E-state index >= 15 is 0 Å². The molecule has 0 fully saturated rings. The number of nitrogens with zero attached hydrogens (tertiary/aromatic N) is 2. The highest BCUT2D eigenvalue weighted by Crippen LogP contribution is 2.29. The molecule has 0 aliphatic heterocycles. The highest BCUT2D eigenvalue weighted by Gasteiger charge is 2.25. The van der Waals surface area contributed by atoms with Gasteiger partial charge in [0.15, 0.2) is 5.16 Å². The number of nitrogens with one attached hydrogen (secondary N) is 1. The van der Waals surface area contributed by atoms with Gasteiger partial charge >= 0.3 is 0 Å². The quantitative estimate of drug-likeness (QED) is 0.409. The van der Waals surface area contributed by atoms with Gasteiger partial charge in [0.1, 0.15) is 0 Å². The fraction of sp³-hybridized carbons (Fsp3) is 0.167. The van der Waals surface area contributed by atoms with E-state index in [1.165, 1.54) is 3.97 Å². The summed E-state index contributed by atoms with van der Waals surface area (Å²) in [5, 5.41) is 3.09. The Balaban J connectivity index is 1.67. The average Bonchev–Trinajstić information content (AvgIpc) is 3.12. The summed E-state index contributed by atoms with van der Waals surface area (Å²) >= 11 is 1.09. The normalized spacial score (nSPS) is 11.6. The van der Waals surface area contributed by atoms with Gasteiger partial charge in [-0.3, -0.25) is 4.79 Å². The molecular weight excluding hydrogens is 442 g/mol. The lowest BCUT2D eigenvalue weighted by Crippen LogP contribution is -2.17. The number of fused-ring (bicyclic) bond motifs is 1. The molecule has 164 valence electrons. The standard InChI is InChI=1S/C24H23N3O3S2/c1-16-8-10-19(11-9-16)25-23(28)15-31-24-26-21-6-4-5-7-22(21)27(24)32(29,30)20-13-17(2)12-18(3)14-20/h4-14H,15H2,1-3H3,(H,25,28). The molecule has 1 aromatic heterocycles. The Labute approximate surface area is 191 Å². The van der Waals surface area contributed by atoms with Crippen molar-refractivity contribution in [3.8, 4) is 0 Å². The Kier molecular flexibility index (Phi) is 6.08. The molecule has 0 saturated carbocycles. The zero-order chi connectivity index (χ0) is 22.9. The van der Waals surface area contributed by atoms with Crippen LogP contribution in [0.3, 0.4) is 0 Å². The molecule has 6 nitrogen and oxygen atoms in total. The maximum Gasteiger partial charge on any atom is 0.270 e. The van der Waals surface area contributed by atoms with Crippen LogP contribution in [-0.4, -0.2) is 29.0 Å². The van der Waals surface area contributed by atoms with E-state index in [-0.39, 0.29) is 21.7 Å². The second kappa shape index (κ2) is 8.80. The van der Waals surface area contributed by atoms with Crippen LogP contribution in [0.5, 0.6) is 0 Å². The number of aryl methyl sites for hydroxylation is 3. The lowest BCUT2D eigenvalue weighted by molar-refractivity contribution is -0.113. The van der Waals surface area contributed by atoms with Crippen molar-refractivity contribution in [2.45, 2.75) is 30.8 Å². The molecule has 4 aromatic rings. The van der Waals surface area contributed by atoms with E-state index < -0.39 is 10.0 Å². The van der Waals surface area contributed by atoms with Crippen molar-refractivity contribution < 1.29 is 13.2 Å². The van der Waals surface area contributed by atoms with E-state index in [9.17, 15) is 13.2 Å². The number of amides is 1. The molecule has 0 atom stereocenters. The molecule has 32 heavy (non-hydrogen) atoms. The molecule has 0 spiro atoms. The average molecular weight is 466 g/mol. The Morgan fingerprint density at radius 2 is 1.59 bits per heavy atom. The monoisotopic (exact) mass is 465 g/mol. The molecule has 8 heteroatoms. The van der Waals surface area contributed by atoms with Crippen LogP contribution in [0.4, 0.5) is 5.69 Å². The smallest absolute Gasteiger partial charge is 0.270 e. The molecule has 0 unspecified atom stereocenters. The first-order valence-corrected chi connectivity index (χ1v) is 12.5. The zero-order valence-electron chi connectivity index (χ0n) is 18.0. The summed E-state index contributed by atoms with van der Waals surface area (Å²) in [7, 11) is -3.91. The second-order valence-electron chi connectivity index (χ2n) is 7.68. The third-order valence-electron chi connectivity index (χ3n) is 4.89. The Hall–Kier alpha value is -3.10. The Morgan fingerprint density at radius 1 is 0.938 bits per heavy atom. The molecule has 4 rings (SSSR count). The van der Waals surface area contributed by atoms with Crippen LogP contribution in [0.15, 0.2) is 76.8 Å². The number of hydrogen-bond acceptors (Lipinski definition) is 5. The molecule has 1 heterocycles. The van der Waals surface area contributed by atoms with Crippen LogP contribution in [0, 0.1) is 20.8 Å². The second-order valence-corrected chi connectivity index (χ2v) is 10.4. The number of carbonyl (C=O) groups excluding carboxylic acids is 1. The Morgan fingerprint density at radius 3 is 2.28 bits per heavy atom. The SMILES string of the molecule is Cc1ccc(NC(=O)CSc2nc3ccccc3n2S(=O)(=O)c2cc(C)cc(C)c2)cc1. The van der Waals surface area contributed by atoms with Gasteiger partial charge in [-0.25, -0.2) is 17.4 Å². The van der Waals surface area contributed by atoms with E-state index in [1.54, 1.807) is 30.3 Å². The number of para-hydroxylation sites is 2. The number of thioether (sulfide) groups is 1. The third kappa shape index (κ3) is 4.56. The van der Waals surface area contributed by atoms with Crippen molar-refractivity contribution in [2.75, 3.05) is 11.1 Å². The minimum absolute atomic E-state index is 0.0273. The lowest BCUT2D eigenvalue weighted by atomic mass is 10.2. The maximum absolute atomic E-state index is 13.6. The summed E-state index contributed by atoms with van der Waals surface area (Å²) < 4.78 is 28.5. The molecule has 0 radical (unpaired) electrons. The molecule has 0 bridgehead atoms. The minimum Gasteiger partial charge on any atom is -0.325 e. The first-order chi connectivity index (χ1) is 15.2. The van der Waals surface area contributed by atoms with Gasteiger partial charge in [-0.2, -0.15) is 0 Å². The largest absolute Gasteiger partial charge is 0.325 e. The Bertz CT molecular complexity index is 1390. The summed E-state index contributed by atoms with van der Waals surface area (Å²) in [6.45, 7) is 5.70. The van der Waals surface area contributed by atoms with Crippen LogP contribution in [0.1, 0.15) is 16.7 Å². The summed E-state index contributed by atoms with van der Waals surface area (Å²) in [6.07, 6.45) is 0. The number of anilines is 1. The van der Waals surface area contributed by atoms with Gasteiger partial charge in [-0.1, -0.05) is 47.7 Å². The van der Waals surface area contributed by atoms with Gasteiger partial charge in [-0.15, -0.1) is 0 Å². The molecule has 0 aliphatic carbocycles. The highest BCUT2D eigenvalue weighted by molar-refractivity contribution is 8.00. The van der Waals surface area contributed by atoms with Gasteiger partial charge in [0, 0.05) is 5.69 Å². The van der Waals surface area contributed by atoms with Gasteiger partial charge in [-0.05, 0) is 68.3 Å². The van der Waals surface area contributed by atoms with Crippen molar-refractivity contribution in [2.24, 2.45) is 0 Å². The summed E-state index contributed by atoms with van der Waals surface area (Å²) in [5.41, 5.74) is 4.55. The van der Waals surface area contributed by atoms with Gasteiger partial charge in [0.25, 0.3) is 10.0 Å². The van der Waals surface area contributed by atoms with Crippen LogP contribution in [-0.2, 0) is 14.8 Å². The lowest BCUT2D eigenvalue weighted by Gasteiger charge is -2.12. The topological polar surface area (TPSA) is 81.1 Å². The fourth-order valence-corrected chi connectivity index (χ4v) is 6.16. The first-order valence-electron chi connectivity index (χ1n) is 10.0. The molecule has 0 saturated heterocycles. The number of hydrogen-bond donors (Lipinski definition) is 1. The van der Waals surface area contributed by atoms with Crippen molar-refractivity contribution in [1.82, 2.24) is 8.96 Å². The van der Waals surface area contributed by atoms with E-state index in [4.69, 9.17) is 0 Å². The number of aromatic nitrogens is 2. The first kappa shape index (κ1) is 22.1. The molecule has 1 N–H and O–H groups in total. The maximum atomic E-state index is 13.6. The van der Waals surface area contributed by atoms with E-state index in [0.29, 0.717) is 16.7 Å². The fourth-order valence-electron chi connectivity index (χ4n) is 3.46. The van der Waals surface area contributed by atoms with Crippen LogP contribution in [0.2, 0.25) is 0 Å². The summed E-state index contributed by atoms with van der Waals surface area (Å²) in [4.78, 5) is 17.2. The zero-order valence-corrected chi connectivity index (χ0v) is 19.6. The molecule has 0 aliphatic rings. The third-order valence-corrected chi connectivity index (χ3v) is 7.63. The minimum atomic E-state index is -3.91. The number of rotatable bonds is 6. The molecule has 1 amide bonds. The molecule has 3 aromatic carbocycles. The van der Waals surface area contributed by atoms with Gasteiger partial charge in [0.05, 0.1) is 21.7 Å². The van der Waals surface area contributed by atoms with Crippen LogP contribution < -0.4 is 5.32 Å². The van der Waals surface area contributed by atoms with Gasteiger partial charge < -0.3 is 5.32 Å². The summed E-state index contributed by atoms with van der Waals surface area (Å²) in [5.74, 6) is -0.208. The van der Waals surface area contributed by atoms with Crippen LogP contribution >= 0.6 is 11.8 Å². The van der Waals surface area contributed by atoms with Crippen molar-refractivity contribution >= 4 is 44.4 Å². The van der Waals surface area contributed by atoms with Crippen molar-refractivity contribution in [3.05, 3.63) is 83.4 Å². The van der Waals surface area contributed by atoms with Crippen molar-refractivity contribution in [3.63, 3.8) is 0 Å². The molecular formula is C24H23N3O3S2. The summed E-state index contributed by atoms with van der Waals surface area (Å²) in [6, 6.07) is 19.8. The predicted octanol–water partition coefficient (Wildman–Crippen LogP) is 4.93. The number of benzene rings is 3.